The molecule has 0 aromatic carbocycles. The van der Waals surface area contributed by atoms with Gasteiger partial charge in [0.05, 0.1) is 7.26 Å². The summed E-state index contributed by atoms with van der Waals surface area (Å²) in [6, 6.07) is -0.517. The fourth-order valence-corrected chi connectivity index (χ4v) is 0.637. The van der Waals surface area contributed by atoms with Gasteiger partial charge < -0.3 is 9.84 Å². The van der Waals surface area contributed by atoms with Crippen LogP contribution in [0.1, 0.15) is 23.9 Å². The number of carbonyl (C=O) groups excluding carboxylic acids is 1. The normalized spacial score (nSPS) is 45.5. The Morgan fingerprint density at radius 2 is 3.00 bits per heavy atom. The molecule has 0 aromatic rings. The van der Waals surface area contributed by atoms with Crippen LogP contribution in [0.25, 0.3) is 0 Å². The van der Waals surface area contributed by atoms with E-state index in [-0.39, 0.29) is 6.42 Å². The van der Waals surface area contributed by atoms with E-state index in [0.29, 0.717) is 0 Å². The molecule has 0 fully saturated rings. The minimum absolute atomic E-state index is 0.0790. The molecule has 0 saturated heterocycles. The van der Waals surface area contributed by atoms with E-state index in [1.807, 2.05) is 0 Å². The number of rotatable bonds is 1. The van der Waals surface area contributed by atoms with Gasteiger partial charge >= 0.3 is 5.97 Å². The first-order valence-corrected chi connectivity index (χ1v) is 2.97. The molecule has 1 aliphatic rings. The molecule has 0 spiro atoms. The Hall–Kier alpha value is -0.990. The first-order chi connectivity index (χ1) is 5.93. The first-order valence-electron chi connectivity index (χ1n) is 4.55. The van der Waals surface area contributed by atoms with Crippen molar-refractivity contribution in [3.8, 4) is 0 Å². The number of cyclic esters (lactones) is 1. The van der Waals surface area contributed by atoms with Crippen LogP contribution in [-0.4, -0.2) is 11.1 Å². The van der Waals surface area contributed by atoms with Crippen molar-refractivity contribution in [3.05, 3.63) is 12.0 Å². The summed E-state index contributed by atoms with van der Waals surface area (Å²) < 4.78 is 26.4. The number of allylic oxidation sites excluding steroid dienone is 1. The van der Waals surface area contributed by atoms with Crippen LogP contribution in [0.3, 0.4) is 0 Å². The fraction of sp³-hybridized carbons (Fsp3) is 0.571. The molecular formula is C7H10O3. The van der Waals surface area contributed by atoms with Crippen molar-refractivity contribution in [3.63, 3.8) is 0 Å². The lowest BCUT2D eigenvalue weighted by atomic mass is 10.0. The molecule has 0 aromatic heterocycles. The highest BCUT2D eigenvalue weighted by molar-refractivity contribution is 5.74. The van der Waals surface area contributed by atoms with Crippen LogP contribution in [0.15, 0.2) is 12.0 Å². The zero-order chi connectivity index (χ0) is 10.2. The SMILES string of the molecule is [2H]C1=C(O)OC(=O)C([2H])(CC)C1[2H]. The van der Waals surface area contributed by atoms with E-state index in [4.69, 9.17) is 9.22 Å². The lowest BCUT2D eigenvalue weighted by molar-refractivity contribution is -0.150. The summed E-state index contributed by atoms with van der Waals surface area (Å²) in [5.41, 5.74) is 0. The Morgan fingerprint density at radius 1 is 2.30 bits per heavy atom. The summed E-state index contributed by atoms with van der Waals surface area (Å²) in [5.74, 6) is -3.59. The minimum Gasteiger partial charge on any atom is -0.481 e. The summed E-state index contributed by atoms with van der Waals surface area (Å²) >= 11 is 0. The molecule has 3 heteroatoms. The van der Waals surface area contributed by atoms with Gasteiger partial charge in [-0.25, -0.2) is 0 Å². The Labute approximate surface area is 63.5 Å². The zero-order valence-corrected chi connectivity index (χ0v) is 5.55. The Bertz CT molecular complexity index is 276. The van der Waals surface area contributed by atoms with Crippen molar-refractivity contribution < 1.29 is 18.8 Å². The van der Waals surface area contributed by atoms with Gasteiger partial charge in [0.1, 0.15) is 0 Å². The van der Waals surface area contributed by atoms with Crippen molar-refractivity contribution in [1.29, 1.82) is 0 Å². The third-order valence-electron chi connectivity index (χ3n) is 1.20. The van der Waals surface area contributed by atoms with Crippen molar-refractivity contribution in [2.24, 2.45) is 5.89 Å². The average Bonchev–Trinajstić information content (AvgIpc) is 2.11. The van der Waals surface area contributed by atoms with Crippen LogP contribution in [0.4, 0.5) is 0 Å². The van der Waals surface area contributed by atoms with E-state index in [2.05, 4.69) is 4.74 Å². The van der Waals surface area contributed by atoms with E-state index < -0.39 is 30.3 Å². The van der Waals surface area contributed by atoms with Gasteiger partial charge in [0, 0.05) is 2.74 Å². The van der Waals surface area contributed by atoms with E-state index in [1.165, 1.54) is 0 Å². The monoisotopic (exact) mass is 145 g/mol. The summed E-state index contributed by atoms with van der Waals surface area (Å²) in [4.78, 5) is 11.1. The molecule has 0 amide bonds. The van der Waals surface area contributed by atoms with Crippen molar-refractivity contribution in [2.75, 3.05) is 0 Å². The smallest absolute Gasteiger partial charge is 0.317 e. The highest BCUT2D eigenvalue weighted by Gasteiger charge is 2.22. The fourth-order valence-electron chi connectivity index (χ4n) is 0.637. The number of esters is 1. The van der Waals surface area contributed by atoms with Gasteiger partial charge in [-0.15, -0.1) is 0 Å². The largest absolute Gasteiger partial charge is 0.481 e. The first kappa shape index (κ1) is 4.01. The molecule has 10 heavy (non-hydrogen) atoms. The van der Waals surface area contributed by atoms with E-state index in [1.54, 1.807) is 6.92 Å². The lowest BCUT2D eigenvalue weighted by Crippen LogP contribution is -2.20. The molecule has 56 valence electrons. The number of hydrogen-bond donors (Lipinski definition) is 1. The Balaban J connectivity index is 3.11. The van der Waals surface area contributed by atoms with Crippen LogP contribution in [-0.2, 0) is 9.53 Å². The van der Waals surface area contributed by atoms with Crippen molar-refractivity contribution in [1.82, 2.24) is 0 Å². The number of aliphatic hydroxyl groups excluding tert-OH is 1. The maximum absolute atomic E-state index is 11.1. The second kappa shape index (κ2) is 2.73. The number of aliphatic hydroxyl groups is 1. The van der Waals surface area contributed by atoms with Gasteiger partial charge in [-0.1, -0.05) is 6.92 Å². The lowest BCUT2D eigenvalue weighted by Gasteiger charge is -2.15. The third kappa shape index (κ3) is 1.29. The predicted molar refractivity (Wildman–Crippen MR) is 35.2 cm³/mol. The Kier molecular flexibility index (Phi) is 1.09. The van der Waals surface area contributed by atoms with Gasteiger partial charge in [-0.2, -0.15) is 0 Å². The van der Waals surface area contributed by atoms with E-state index in [0.717, 1.165) is 0 Å². The molecule has 2 atom stereocenters. The molecular weight excluding hydrogens is 132 g/mol. The average molecular weight is 145 g/mol. The van der Waals surface area contributed by atoms with Crippen molar-refractivity contribution in [2.45, 2.75) is 19.7 Å². The molecule has 1 rings (SSSR count). The summed E-state index contributed by atoms with van der Waals surface area (Å²) in [5, 5.41) is 8.89. The van der Waals surface area contributed by atoms with Crippen LogP contribution in [0.5, 0.6) is 0 Å². The molecule has 0 radical (unpaired) electrons. The number of ether oxygens (including phenoxy) is 1. The van der Waals surface area contributed by atoms with Gasteiger partial charge in [-0.3, -0.25) is 4.79 Å². The number of hydrogen-bond acceptors (Lipinski definition) is 3. The van der Waals surface area contributed by atoms with Gasteiger partial charge in [-0.05, 0) is 18.9 Å². The van der Waals surface area contributed by atoms with Crippen LogP contribution >= 0.6 is 0 Å². The maximum Gasteiger partial charge on any atom is 0.317 e. The second-order valence-corrected chi connectivity index (χ2v) is 1.86. The van der Waals surface area contributed by atoms with Crippen LogP contribution in [0.2, 0.25) is 0 Å². The molecule has 1 aliphatic heterocycles. The Morgan fingerprint density at radius 3 is 3.60 bits per heavy atom. The van der Waals surface area contributed by atoms with Crippen LogP contribution in [0, 0.1) is 5.89 Å². The topological polar surface area (TPSA) is 46.5 Å². The summed E-state index contributed by atoms with van der Waals surface area (Å²) in [7, 11) is 0. The highest BCUT2D eigenvalue weighted by Crippen LogP contribution is 2.18. The molecule has 0 aliphatic carbocycles. The second-order valence-electron chi connectivity index (χ2n) is 1.86. The maximum atomic E-state index is 11.1. The highest BCUT2D eigenvalue weighted by atomic mass is 16.6. The molecule has 2 unspecified atom stereocenters. The third-order valence-corrected chi connectivity index (χ3v) is 1.20. The van der Waals surface area contributed by atoms with Crippen LogP contribution < -0.4 is 0 Å². The minimum atomic E-state index is -1.76. The van der Waals surface area contributed by atoms with Gasteiger partial charge in [0.15, 0.2) is 0 Å². The van der Waals surface area contributed by atoms with E-state index in [9.17, 15) is 4.79 Å². The predicted octanol–water partition coefficient (Wildman–Crippen LogP) is 1.36. The molecule has 3 nitrogen and oxygen atoms in total. The summed E-state index contributed by atoms with van der Waals surface area (Å²) in [6.07, 6.45) is -1.30. The molecule has 1 heterocycles. The quantitative estimate of drug-likeness (QED) is 0.566. The molecule has 0 bridgehead atoms. The molecule has 0 saturated carbocycles. The van der Waals surface area contributed by atoms with Gasteiger partial charge in [0.25, 0.3) is 5.95 Å². The standard InChI is InChI=1S/C7H10O3/c1-2-5-3-4-6(8)10-7(5)9/h4-5,8H,2-3H2,1H3/i3D,4D,5D. The number of carbonyl (C=O) groups is 1. The zero-order valence-electron chi connectivity index (χ0n) is 8.55. The van der Waals surface area contributed by atoms with E-state index >= 15 is 0 Å². The van der Waals surface area contributed by atoms with Gasteiger partial charge in [0.2, 0.25) is 0 Å². The molecule has 1 N–H and O–H groups in total. The summed E-state index contributed by atoms with van der Waals surface area (Å²) in [6.45, 7) is 1.56. The van der Waals surface area contributed by atoms with Crippen molar-refractivity contribution >= 4 is 5.97 Å².